The van der Waals surface area contributed by atoms with Gasteiger partial charge in [-0.25, -0.2) is 0 Å². The highest BCUT2D eigenvalue weighted by Gasteiger charge is 2.16. The molecule has 0 aromatic heterocycles. The summed E-state index contributed by atoms with van der Waals surface area (Å²) in [5, 5.41) is 5.34. The fourth-order valence-corrected chi connectivity index (χ4v) is 2.79. The smallest absolute Gasteiger partial charge is 0.309 e. The van der Waals surface area contributed by atoms with Gasteiger partial charge in [-0.05, 0) is 35.7 Å². The van der Waals surface area contributed by atoms with Gasteiger partial charge in [0.1, 0.15) is 12.4 Å². The van der Waals surface area contributed by atoms with Crippen LogP contribution >= 0.6 is 0 Å². The molecule has 0 saturated heterocycles. The Labute approximate surface area is 170 Å². The fraction of sp³-hybridized carbons (Fsp3) is 0.167. The van der Waals surface area contributed by atoms with E-state index < -0.39 is 11.8 Å². The number of amides is 2. The standard InChI is InChI=1S/C24H24N2O3/c1-18(21-10-6-3-7-11-21)26-24(28)23(27)25-16-19-12-14-22(15-13-19)29-17-20-8-4-2-5-9-20/h2-15,18H,16-17H2,1H3,(H,25,27)(H,26,28). The Kier molecular flexibility index (Phi) is 7.00. The van der Waals surface area contributed by atoms with E-state index in [-0.39, 0.29) is 12.6 Å². The van der Waals surface area contributed by atoms with Crippen LogP contribution in [0.2, 0.25) is 0 Å². The molecule has 0 fully saturated rings. The molecule has 0 aliphatic carbocycles. The topological polar surface area (TPSA) is 67.4 Å². The van der Waals surface area contributed by atoms with Crippen LogP contribution in [-0.2, 0) is 22.7 Å². The number of rotatable bonds is 7. The van der Waals surface area contributed by atoms with Crippen molar-refractivity contribution in [1.29, 1.82) is 0 Å². The molecule has 2 N–H and O–H groups in total. The Morgan fingerprint density at radius 3 is 2.07 bits per heavy atom. The first-order chi connectivity index (χ1) is 14.1. The highest BCUT2D eigenvalue weighted by atomic mass is 16.5. The molecule has 0 radical (unpaired) electrons. The van der Waals surface area contributed by atoms with E-state index in [1.807, 2.05) is 91.9 Å². The predicted molar refractivity (Wildman–Crippen MR) is 112 cm³/mol. The molecule has 1 atom stereocenters. The zero-order chi connectivity index (χ0) is 20.5. The van der Waals surface area contributed by atoms with E-state index in [4.69, 9.17) is 4.74 Å². The lowest BCUT2D eigenvalue weighted by Crippen LogP contribution is -2.40. The lowest BCUT2D eigenvalue weighted by Gasteiger charge is -2.14. The van der Waals surface area contributed by atoms with Crippen molar-refractivity contribution in [3.63, 3.8) is 0 Å². The van der Waals surface area contributed by atoms with Gasteiger partial charge in [0.05, 0.1) is 6.04 Å². The fourth-order valence-electron chi connectivity index (χ4n) is 2.79. The Morgan fingerprint density at radius 2 is 1.41 bits per heavy atom. The second-order valence-corrected chi connectivity index (χ2v) is 6.71. The minimum atomic E-state index is -0.655. The maximum atomic E-state index is 12.1. The van der Waals surface area contributed by atoms with E-state index in [0.29, 0.717) is 6.61 Å². The van der Waals surface area contributed by atoms with Crippen molar-refractivity contribution in [3.8, 4) is 5.75 Å². The lowest BCUT2D eigenvalue weighted by atomic mass is 10.1. The van der Waals surface area contributed by atoms with E-state index in [1.165, 1.54) is 0 Å². The van der Waals surface area contributed by atoms with Crippen molar-refractivity contribution in [3.05, 3.63) is 102 Å². The molecule has 3 aromatic carbocycles. The van der Waals surface area contributed by atoms with E-state index >= 15 is 0 Å². The third-order valence-electron chi connectivity index (χ3n) is 4.48. The van der Waals surface area contributed by atoms with E-state index in [1.54, 1.807) is 0 Å². The molecule has 0 saturated carbocycles. The zero-order valence-corrected chi connectivity index (χ0v) is 16.3. The second kappa shape index (κ2) is 10.1. The summed E-state index contributed by atoms with van der Waals surface area (Å²) in [6, 6.07) is 26.6. The number of carbonyl (C=O) groups is 2. The van der Waals surface area contributed by atoms with Crippen molar-refractivity contribution in [2.45, 2.75) is 26.1 Å². The van der Waals surface area contributed by atoms with Crippen LogP contribution in [0.25, 0.3) is 0 Å². The molecule has 148 valence electrons. The first-order valence-corrected chi connectivity index (χ1v) is 9.51. The van der Waals surface area contributed by atoms with Crippen LogP contribution in [0.15, 0.2) is 84.9 Å². The monoisotopic (exact) mass is 388 g/mol. The highest BCUT2D eigenvalue weighted by molar-refractivity contribution is 6.35. The molecule has 3 aromatic rings. The minimum absolute atomic E-state index is 0.240. The van der Waals surface area contributed by atoms with Gasteiger partial charge in [0.2, 0.25) is 0 Å². The number of benzene rings is 3. The molecule has 0 aliphatic rings. The van der Waals surface area contributed by atoms with Crippen LogP contribution in [0.1, 0.15) is 29.7 Å². The largest absolute Gasteiger partial charge is 0.489 e. The quantitative estimate of drug-likeness (QED) is 0.606. The van der Waals surface area contributed by atoms with Gasteiger partial charge >= 0.3 is 11.8 Å². The van der Waals surface area contributed by atoms with Crippen LogP contribution < -0.4 is 15.4 Å². The van der Waals surface area contributed by atoms with Crippen LogP contribution in [0, 0.1) is 0 Å². The number of hydrogen-bond acceptors (Lipinski definition) is 3. The molecule has 0 spiro atoms. The summed E-state index contributed by atoms with van der Waals surface area (Å²) in [6.45, 7) is 2.61. The summed E-state index contributed by atoms with van der Waals surface area (Å²) in [5.41, 5.74) is 2.92. The van der Waals surface area contributed by atoms with E-state index in [2.05, 4.69) is 10.6 Å². The van der Waals surface area contributed by atoms with Gasteiger partial charge in [0, 0.05) is 6.54 Å². The first kappa shape index (κ1) is 20.1. The summed E-state index contributed by atoms with van der Waals surface area (Å²) < 4.78 is 5.75. The third kappa shape index (κ3) is 6.21. The minimum Gasteiger partial charge on any atom is -0.489 e. The molecule has 1 unspecified atom stereocenters. The molecule has 3 rings (SSSR count). The van der Waals surface area contributed by atoms with E-state index in [9.17, 15) is 9.59 Å². The summed E-state index contributed by atoms with van der Waals surface area (Å²) in [4.78, 5) is 24.1. The SMILES string of the molecule is CC(NC(=O)C(=O)NCc1ccc(OCc2ccccc2)cc1)c1ccccc1. The van der Waals surface area contributed by atoms with Crippen LogP contribution in [0.4, 0.5) is 0 Å². The summed E-state index contributed by atoms with van der Waals surface area (Å²) in [6.07, 6.45) is 0. The first-order valence-electron chi connectivity index (χ1n) is 9.51. The van der Waals surface area contributed by atoms with Gasteiger partial charge in [-0.3, -0.25) is 9.59 Å². The molecule has 5 heteroatoms. The van der Waals surface area contributed by atoms with Crippen molar-refractivity contribution < 1.29 is 14.3 Å². The molecule has 29 heavy (non-hydrogen) atoms. The van der Waals surface area contributed by atoms with Crippen molar-refractivity contribution in [2.24, 2.45) is 0 Å². The Balaban J connectivity index is 1.44. The Morgan fingerprint density at radius 1 is 0.793 bits per heavy atom. The zero-order valence-electron chi connectivity index (χ0n) is 16.3. The maximum Gasteiger partial charge on any atom is 0.309 e. The summed E-state index contributed by atoms with van der Waals surface area (Å²) >= 11 is 0. The van der Waals surface area contributed by atoms with Crippen LogP contribution in [-0.4, -0.2) is 11.8 Å². The number of hydrogen-bond donors (Lipinski definition) is 2. The van der Waals surface area contributed by atoms with Crippen molar-refractivity contribution >= 4 is 11.8 Å². The Bertz CT molecular complexity index is 925. The van der Waals surface area contributed by atoms with Gasteiger partial charge in [0.15, 0.2) is 0 Å². The average molecular weight is 388 g/mol. The third-order valence-corrected chi connectivity index (χ3v) is 4.48. The summed E-state index contributed by atoms with van der Waals surface area (Å²) in [5.74, 6) is -0.556. The number of nitrogens with one attached hydrogen (secondary N) is 2. The molecule has 2 amide bonds. The second-order valence-electron chi connectivity index (χ2n) is 6.71. The van der Waals surface area contributed by atoms with E-state index in [0.717, 1.165) is 22.4 Å². The normalized spacial score (nSPS) is 11.3. The number of carbonyl (C=O) groups excluding carboxylic acids is 2. The molecule has 0 heterocycles. The van der Waals surface area contributed by atoms with Crippen molar-refractivity contribution in [1.82, 2.24) is 10.6 Å². The molecular weight excluding hydrogens is 364 g/mol. The molecular formula is C24H24N2O3. The number of ether oxygens (including phenoxy) is 1. The molecule has 0 aliphatic heterocycles. The molecule has 0 bridgehead atoms. The van der Waals surface area contributed by atoms with Gasteiger partial charge in [-0.2, -0.15) is 0 Å². The van der Waals surface area contributed by atoms with Gasteiger partial charge < -0.3 is 15.4 Å². The van der Waals surface area contributed by atoms with Crippen LogP contribution in [0.3, 0.4) is 0 Å². The maximum absolute atomic E-state index is 12.1. The highest BCUT2D eigenvalue weighted by Crippen LogP contribution is 2.14. The van der Waals surface area contributed by atoms with Crippen molar-refractivity contribution in [2.75, 3.05) is 0 Å². The van der Waals surface area contributed by atoms with Gasteiger partial charge in [0.25, 0.3) is 0 Å². The summed E-state index contributed by atoms with van der Waals surface area (Å²) in [7, 11) is 0. The Hall–Kier alpha value is -3.60. The van der Waals surface area contributed by atoms with Gasteiger partial charge in [-0.1, -0.05) is 72.8 Å². The van der Waals surface area contributed by atoms with Crippen LogP contribution in [0.5, 0.6) is 5.75 Å². The lowest BCUT2D eigenvalue weighted by molar-refractivity contribution is -0.139. The van der Waals surface area contributed by atoms with Gasteiger partial charge in [-0.15, -0.1) is 0 Å². The average Bonchev–Trinajstić information content (AvgIpc) is 2.78. The molecule has 5 nitrogen and oxygen atoms in total. The predicted octanol–water partition coefficient (Wildman–Crippen LogP) is 3.76.